The molecule has 0 aromatic heterocycles. The van der Waals surface area contributed by atoms with Gasteiger partial charge >= 0.3 is 5.97 Å². The largest absolute Gasteiger partial charge is 0.497 e. The van der Waals surface area contributed by atoms with Crippen LogP contribution in [0.3, 0.4) is 0 Å². The first-order valence-electron chi connectivity index (χ1n) is 5.72. The molecule has 1 aromatic carbocycles. The van der Waals surface area contributed by atoms with Crippen molar-refractivity contribution in [1.82, 2.24) is 5.32 Å². The smallest absolute Gasteiger partial charge is 0.325 e. The van der Waals surface area contributed by atoms with E-state index in [9.17, 15) is 9.59 Å². The first-order valence-corrected chi connectivity index (χ1v) is 5.72. The second-order valence-electron chi connectivity index (χ2n) is 3.73. The maximum absolute atomic E-state index is 11.6. The Labute approximate surface area is 111 Å². The van der Waals surface area contributed by atoms with Gasteiger partial charge in [-0.3, -0.25) is 9.59 Å². The Balaban J connectivity index is 2.46. The van der Waals surface area contributed by atoms with Gasteiger partial charge in [-0.05, 0) is 31.2 Å². The molecule has 1 rings (SSSR count). The Bertz CT molecular complexity index is 429. The summed E-state index contributed by atoms with van der Waals surface area (Å²) < 4.78 is 14.9. The molecule has 0 heterocycles. The third kappa shape index (κ3) is 4.87. The molecule has 1 aromatic rings. The minimum absolute atomic E-state index is 0.175. The zero-order valence-electron chi connectivity index (χ0n) is 11.1. The van der Waals surface area contributed by atoms with Crippen molar-refractivity contribution in [3.05, 3.63) is 24.3 Å². The van der Waals surface area contributed by atoms with Gasteiger partial charge in [0.2, 0.25) is 0 Å². The number of esters is 1. The summed E-state index contributed by atoms with van der Waals surface area (Å²) in [4.78, 5) is 22.5. The molecule has 1 N–H and O–H groups in total. The number of hydrogen-bond acceptors (Lipinski definition) is 5. The molecular weight excluding hydrogens is 250 g/mol. The molecule has 0 bridgehead atoms. The van der Waals surface area contributed by atoms with Gasteiger partial charge < -0.3 is 19.5 Å². The molecule has 0 saturated carbocycles. The Morgan fingerprint density at radius 2 is 1.74 bits per heavy atom. The van der Waals surface area contributed by atoms with Crippen molar-refractivity contribution in [3.63, 3.8) is 0 Å². The van der Waals surface area contributed by atoms with Crippen LogP contribution in [0.1, 0.15) is 6.92 Å². The SMILES string of the molecule is COC(=O)CNC(=O)C(C)Oc1ccc(OC)cc1. The number of benzene rings is 1. The summed E-state index contributed by atoms with van der Waals surface area (Å²) in [5, 5.41) is 2.41. The fourth-order valence-electron chi connectivity index (χ4n) is 1.29. The zero-order chi connectivity index (χ0) is 14.3. The third-order valence-corrected chi connectivity index (χ3v) is 2.38. The van der Waals surface area contributed by atoms with Gasteiger partial charge in [-0.2, -0.15) is 0 Å². The summed E-state index contributed by atoms with van der Waals surface area (Å²) in [7, 11) is 2.82. The van der Waals surface area contributed by atoms with E-state index in [1.807, 2.05) is 0 Å². The Kier molecular flexibility index (Phi) is 5.66. The van der Waals surface area contributed by atoms with E-state index in [0.717, 1.165) is 0 Å². The number of carbonyl (C=O) groups is 2. The van der Waals surface area contributed by atoms with Crippen molar-refractivity contribution < 1.29 is 23.8 Å². The highest BCUT2D eigenvalue weighted by atomic mass is 16.5. The molecule has 0 aliphatic heterocycles. The summed E-state index contributed by atoms with van der Waals surface area (Å²) >= 11 is 0. The van der Waals surface area contributed by atoms with Crippen molar-refractivity contribution in [2.24, 2.45) is 0 Å². The minimum atomic E-state index is -0.710. The Hall–Kier alpha value is -2.24. The second kappa shape index (κ2) is 7.25. The lowest BCUT2D eigenvalue weighted by atomic mass is 10.3. The number of nitrogens with one attached hydrogen (secondary N) is 1. The van der Waals surface area contributed by atoms with Crippen molar-refractivity contribution >= 4 is 11.9 Å². The maximum Gasteiger partial charge on any atom is 0.325 e. The summed E-state index contributed by atoms with van der Waals surface area (Å²) in [6.45, 7) is 1.42. The lowest BCUT2D eigenvalue weighted by Crippen LogP contribution is -2.39. The molecule has 1 unspecified atom stereocenters. The highest BCUT2D eigenvalue weighted by Gasteiger charge is 2.15. The van der Waals surface area contributed by atoms with E-state index in [4.69, 9.17) is 9.47 Å². The summed E-state index contributed by atoms with van der Waals surface area (Å²) in [5.74, 6) is 0.350. The summed E-state index contributed by atoms with van der Waals surface area (Å²) in [6, 6.07) is 6.86. The molecule has 104 valence electrons. The number of carbonyl (C=O) groups excluding carboxylic acids is 2. The molecule has 0 fully saturated rings. The predicted octanol–water partition coefficient (Wildman–Crippen LogP) is 0.752. The number of amides is 1. The number of rotatable bonds is 6. The first kappa shape index (κ1) is 14.8. The predicted molar refractivity (Wildman–Crippen MR) is 68.1 cm³/mol. The van der Waals surface area contributed by atoms with Crippen LogP contribution in [0, 0.1) is 0 Å². The molecule has 19 heavy (non-hydrogen) atoms. The second-order valence-corrected chi connectivity index (χ2v) is 3.73. The molecule has 1 amide bonds. The molecule has 6 nitrogen and oxygen atoms in total. The first-order chi connectivity index (χ1) is 9.06. The lowest BCUT2D eigenvalue weighted by Gasteiger charge is -2.14. The summed E-state index contributed by atoms with van der Waals surface area (Å²) in [6.07, 6.45) is -0.710. The fourth-order valence-corrected chi connectivity index (χ4v) is 1.29. The van der Waals surface area contributed by atoms with Crippen LogP contribution in [-0.4, -0.2) is 38.7 Å². The van der Waals surface area contributed by atoms with Crippen molar-refractivity contribution in [3.8, 4) is 11.5 Å². The van der Waals surface area contributed by atoms with Crippen LogP contribution < -0.4 is 14.8 Å². The highest BCUT2D eigenvalue weighted by Crippen LogP contribution is 2.18. The van der Waals surface area contributed by atoms with Crippen molar-refractivity contribution in [2.45, 2.75) is 13.0 Å². The molecule has 0 spiro atoms. The molecule has 0 saturated heterocycles. The van der Waals surface area contributed by atoms with Crippen LogP contribution in [0.4, 0.5) is 0 Å². The van der Waals surface area contributed by atoms with Gasteiger partial charge in [0.15, 0.2) is 6.10 Å². The van der Waals surface area contributed by atoms with Crippen LogP contribution in [0.15, 0.2) is 24.3 Å². The van der Waals surface area contributed by atoms with Gasteiger partial charge in [-0.15, -0.1) is 0 Å². The molecule has 0 aliphatic carbocycles. The van der Waals surface area contributed by atoms with Gasteiger partial charge in [0.1, 0.15) is 18.0 Å². The molecular formula is C13H17NO5. The zero-order valence-corrected chi connectivity index (χ0v) is 11.1. The van der Waals surface area contributed by atoms with Gasteiger partial charge in [0, 0.05) is 0 Å². The number of hydrogen-bond donors (Lipinski definition) is 1. The molecule has 0 aliphatic rings. The van der Waals surface area contributed by atoms with E-state index in [1.54, 1.807) is 38.3 Å². The van der Waals surface area contributed by atoms with Crippen molar-refractivity contribution in [2.75, 3.05) is 20.8 Å². The maximum atomic E-state index is 11.6. The Morgan fingerprint density at radius 3 is 2.26 bits per heavy atom. The van der Waals surface area contributed by atoms with E-state index in [0.29, 0.717) is 11.5 Å². The van der Waals surface area contributed by atoms with Crippen LogP contribution >= 0.6 is 0 Å². The molecule has 1 atom stereocenters. The third-order valence-electron chi connectivity index (χ3n) is 2.38. The topological polar surface area (TPSA) is 73.9 Å². The van der Waals surface area contributed by atoms with E-state index >= 15 is 0 Å². The average Bonchev–Trinajstić information content (AvgIpc) is 2.44. The quantitative estimate of drug-likeness (QED) is 0.770. The average molecular weight is 267 g/mol. The van der Waals surface area contributed by atoms with E-state index in [1.165, 1.54) is 7.11 Å². The van der Waals surface area contributed by atoms with Crippen LogP contribution in [0.25, 0.3) is 0 Å². The van der Waals surface area contributed by atoms with Gasteiger partial charge in [0.05, 0.1) is 14.2 Å². The van der Waals surface area contributed by atoms with Crippen LogP contribution in [0.5, 0.6) is 11.5 Å². The highest BCUT2D eigenvalue weighted by molar-refractivity contribution is 5.84. The van der Waals surface area contributed by atoms with E-state index in [-0.39, 0.29) is 12.5 Å². The van der Waals surface area contributed by atoms with Crippen LogP contribution in [-0.2, 0) is 14.3 Å². The van der Waals surface area contributed by atoms with Crippen molar-refractivity contribution in [1.29, 1.82) is 0 Å². The van der Waals surface area contributed by atoms with E-state index < -0.39 is 12.1 Å². The molecule has 6 heteroatoms. The number of methoxy groups -OCH3 is 2. The van der Waals surface area contributed by atoms with E-state index in [2.05, 4.69) is 10.1 Å². The minimum Gasteiger partial charge on any atom is -0.497 e. The monoisotopic (exact) mass is 267 g/mol. The number of ether oxygens (including phenoxy) is 3. The van der Waals surface area contributed by atoms with Gasteiger partial charge in [-0.1, -0.05) is 0 Å². The lowest BCUT2D eigenvalue weighted by molar-refractivity contribution is -0.141. The van der Waals surface area contributed by atoms with Gasteiger partial charge in [-0.25, -0.2) is 0 Å². The Morgan fingerprint density at radius 1 is 1.16 bits per heavy atom. The summed E-state index contributed by atoms with van der Waals surface area (Å²) in [5.41, 5.74) is 0. The van der Waals surface area contributed by atoms with Gasteiger partial charge in [0.25, 0.3) is 5.91 Å². The fraction of sp³-hybridized carbons (Fsp3) is 0.385. The van der Waals surface area contributed by atoms with Crippen LogP contribution in [0.2, 0.25) is 0 Å². The normalized spacial score (nSPS) is 11.3. The molecule has 0 radical (unpaired) electrons. The standard InChI is InChI=1S/C13H17NO5/c1-9(13(16)14-8-12(15)18-3)19-11-6-4-10(17-2)5-7-11/h4-7,9H,8H2,1-3H3,(H,14,16).